The van der Waals surface area contributed by atoms with E-state index in [1.54, 1.807) is 0 Å². The summed E-state index contributed by atoms with van der Waals surface area (Å²) in [6.07, 6.45) is 13.9. The number of carbonyl (C=O) groups excluding carboxylic acids is 1. The van der Waals surface area contributed by atoms with Gasteiger partial charge in [-0.15, -0.1) is 0 Å². The van der Waals surface area contributed by atoms with Crippen LogP contribution in [0.4, 0.5) is 0 Å². The molecule has 25 heavy (non-hydrogen) atoms. The number of carboxylic acid groups (broad SMARTS) is 1. The third-order valence-electron chi connectivity index (χ3n) is 4.30. The molecular weight excluding hydrogens is 318 g/mol. The predicted octanol–water partition coefficient (Wildman–Crippen LogP) is 4.19. The Hall–Kier alpha value is -1.36. The Labute approximate surface area is 152 Å². The van der Waals surface area contributed by atoms with Crippen LogP contribution in [0.2, 0.25) is 0 Å². The maximum atomic E-state index is 12.1. The maximum absolute atomic E-state index is 12.1. The molecule has 0 fully saturated rings. The van der Waals surface area contributed by atoms with Crippen LogP contribution in [0.5, 0.6) is 0 Å². The molecule has 0 heterocycles. The lowest BCUT2D eigenvalue weighted by molar-refractivity contribution is -0.132. The molecule has 2 atom stereocenters. The SMILES string of the molecule is CCCCCCCCCCC(O)C(=O)N[C@H](C=CC(=O)O)CCCC. The third kappa shape index (κ3) is 14.7. The molecule has 0 bridgehead atoms. The number of unbranched alkanes of at least 4 members (excludes halogenated alkanes) is 8. The Balaban J connectivity index is 4.01. The molecule has 0 radical (unpaired) electrons. The molecule has 0 aliphatic heterocycles. The molecular formula is C20H37NO4. The zero-order chi connectivity index (χ0) is 18.9. The van der Waals surface area contributed by atoms with Gasteiger partial charge in [0.1, 0.15) is 6.10 Å². The molecule has 0 aromatic carbocycles. The summed E-state index contributed by atoms with van der Waals surface area (Å²) in [7, 11) is 0. The first-order valence-corrected chi connectivity index (χ1v) is 9.90. The second-order valence-corrected chi connectivity index (χ2v) is 6.73. The van der Waals surface area contributed by atoms with Crippen molar-refractivity contribution in [3.63, 3.8) is 0 Å². The monoisotopic (exact) mass is 355 g/mol. The van der Waals surface area contributed by atoms with E-state index in [1.807, 2.05) is 6.92 Å². The minimum atomic E-state index is -1.03. The van der Waals surface area contributed by atoms with Crippen molar-refractivity contribution in [1.82, 2.24) is 5.32 Å². The van der Waals surface area contributed by atoms with Gasteiger partial charge in [-0.05, 0) is 12.8 Å². The Kier molecular flexibility index (Phi) is 15.2. The molecule has 1 amide bonds. The van der Waals surface area contributed by atoms with Crippen molar-refractivity contribution in [3.8, 4) is 0 Å². The maximum Gasteiger partial charge on any atom is 0.328 e. The topological polar surface area (TPSA) is 86.6 Å². The van der Waals surface area contributed by atoms with Gasteiger partial charge in [-0.1, -0.05) is 84.1 Å². The quantitative estimate of drug-likeness (QED) is 0.286. The molecule has 5 heteroatoms. The standard InChI is InChI=1S/C20H37NO4/c1-3-5-7-8-9-10-11-12-14-18(22)20(25)21-17(13-6-4-2)15-16-19(23)24/h15-18,22H,3-14H2,1-2H3,(H,21,25)(H,23,24)/t17-,18?/m0/s1. The zero-order valence-corrected chi connectivity index (χ0v) is 16.0. The highest BCUT2D eigenvalue weighted by atomic mass is 16.4. The fourth-order valence-electron chi connectivity index (χ4n) is 2.72. The van der Waals surface area contributed by atoms with Crippen LogP contribution in [0.3, 0.4) is 0 Å². The van der Waals surface area contributed by atoms with E-state index in [4.69, 9.17) is 5.11 Å². The second-order valence-electron chi connectivity index (χ2n) is 6.73. The van der Waals surface area contributed by atoms with Crippen LogP contribution in [-0.2, 0) is 9.59 Å². The lowest BCUT2D eigenvalue weighted by Gasteiger charge is -2.17. The third-order valence-corrected chi connectivity index (χ3v) is 4.30. The van der Waals surface area contributed by atoms with E-state index in [1.165, 1.54) is 38.2 Å². The number of amides is 1. The smallest absolute Gasteiger partial charge is 0.328 e. The molecule has 0 aromatic rings. The van der Waals surface area contributed by atoms with Crippen molar-refractivity contribution in [2.75, 3.05) is 0 Å². The highest BCUT2D eigenvalue weighted by Gasteiger charge is 2.17. The van der Waals surface area contributed by atoms with Gasteiger partial charge in [0.05, 0.1) is 0 Å². The minimum Gasteiger partial charge on any atom is -0.478 e. The van der Waals surface area contributed by atoms with Gasteiger partial charge in [0.2, 0.25) is 5.91 Å². The number of aliphatic hydroxyl groups is 1. The molecule has 0 rings (SSSR count). The molecule has 0 saturated heterocycles. The summed E-state index contributed by atoms with van der Waals surface area (Å²) >= 11 is 0. The largest absolute Gasteiger partial charge is 0.478 e. The molecule has 3 N–H and O–H groups in total. The summed E-state index contributed by atoms with van der Waals surface area (Å²) in [5.74, 6) is -1.44. The molecule has 0 saturated carbocycles. The number of hydrogen-bond donors (Lipinski definition) is 3. The molecule has 0 aliphatic rings. The summed E-state index contributed by atoms with van der Waals surface area (Å²) < 4.78 is 0. The van der Waals surface area contributed by atoms with Gasteiger partial charge in [-0.3, -0.25) is 4.79 Å². The van der Waals surface area contributed by atoms with Crippen molar-refractivity contribution < 1.29 is 19.8 Å². The van der Waals surface area contributed by atoms with Gasteiger partial charge in [-0.25, -0.2) is 4.79 Å². The van der Waals surface area contributed by atoms with E-state index in [2.05, 4.69) is 12.2 Å². The van der Waals surface area contributed by atoms with E-state index in [0.717, 1.165) is 38.2 Å². The molecule has 0 aromatic heterocycles. The van der Waals surface area contributed by atoms with Crippen LogP contribution in [0.15, 0.2) is 12.2 Å². The average molecular weight is 356 g/mol. The van der Waals surface area contributed by atoms with E-state index in [9.17, 15) is 14.7 Å². The first-order chi connectivity index (χ1) is 12.0. The van der Waals surface area contributed by atoms with Crippen LogP contribution in [-0.4, -0.2) is 34.2 Å². The summed E-state index contributed by atoms with van der Waals surface area (Å²) in [6, 6.07) is -0.336. The lowest BCUT2D eigenvalue weighted by atomic mass is 10.0. The highest BCUT2D eigenvalue weighted by Crippen LogP contribution is 2.11. The summed E-state index contributed by atoms with van der Waals surface area (Å²) in [6.45, 7) is 4.24. The Morgan fingerprint density at radius 1 is 0.880 bits per heavy atom. The van der Waals surface area contributed by atoms with Crippen molar-refractivity contribution >= 4 is 11.9 Å². The number of hydrogen-bond acceptors (Lipinski definition) is 3. The Morgan fingerprint density at radius 2 is 1.44 bits per heavy atom. The zero-order valence-electron chi connectivity index (χ0n) is 16.0. The Bertz CT molecular complexity index is 382. The molecule has 0 aliphatic carbocycles. The van der Waals surface area contributed by atoms with E-state index in [-0.39, 0.29) is 6.04 Å². The van der Waals surface area contributed by atoms with Crippen LogP contribution in [0.1, 0.15) is 90.9 Å². The van der Waals surface area contributed by atoms with Gasteiger partial charge in [0, 0.05) is 12.1 Å². The van der Waals surface area contributed by atoms with Crippen molar-refractivity contribution in [2.45, 2.75) is 103 Å². The normalized spacial score (nSPS) is 13.7. The lowest BCUT2D eigenvalue weighted by Crippen LogP contribution is -2.40. The van der Waals surface area contributed by atoms with Crippen molar-refractivity contribution in [2.24, 2.45) is 0 Å². The first-order valence-electron chi connectivity index (χ1n) is 9.90. The molecule has 1 unspecified atom stereocenters. The van der Waals surface area contributed by atoms with E-state index >= 15 is 0 Å². The van der Waals surface area contributed by atoms with Gasteiger partial charge < -0.3 is 15.5 Å². The second kappa shape index (κ2) is 16.1. The van der Waals surface area contributed by atoms with Crippen LogP contribution in [0.25, 0.3) is 0 Å². The number of carbonyl (C=O) groups is 2. The van der Waals surface area contributed by atoms with Crippen molar-refractivity contribution in [3.05, 3.63) is 12.2 Å². The van der Waals surface area contributed by atoms with E-state index in [0.29, 0.717) is 12.8 Å². The summed E-state index contributed by atoms with van der Waals surface area (Å²) in [5, 5.41) is 21.4. The van der Waals surface area contributed by atoms with Crippen molar-refractivity contribution in [1.29, 1.82) is 0 Å². The van der Waals surface area contributed by atoms with Crippen LogP contribution in [0, 0.1) is 0 Å². The number of carboxylic acids is 1. The average Bonchev–Trinajstić information content (AvgIpc) is 2.59. The summed E-state index contributed by atoms with van der Waals surface area (Å²) in [4.78, 5) is 22.7. The van der Waals surface area contributed by atoms with Gasteiger partial charge >= 0.3 is 5.97 Å². The van der Waals surface area contributed by atoms with Gasteiger partial charge in [0.15, 0.2) is 0 Å². The molecule has 146 valence electrons. The fourth-order valence-corrected chi connectivity index (χ4v) is 2.72. The first kappa shape index (κ1) is 23.6. The number of aliphatic carboxylic acids is 1. The van der Waals surface area contributed by atoms with Gasteiger partial charge in [-0.2, -0.15) is 0 Å². The minimum absolute atomic E-state index is 0.336. The predicted molar refractivity (Wildman–Crippen MR) is 101 cm³/mol. The van der Waals surface area contributed by atoms with E-state index < -0.39 is 18.0 Å². The highest BCUT2D eigenvalue weighted by molar-refractivity contribution is 5.82. The Morgan fingerprint density at radius 3 is 2.00 bits per heavy atom. The number of aliphatic hydroxyl groups excluding tert-OH is 1. The molecule has 0 spiro atoms. The summed E-state index contributed by atoms with van der Waals surface area (Å²) in [5.41, 5.74) is 0. The van der Waals surface area contributed by atoms with Crippen LogP contribution < -0.4 is 5.32 Å². The fraction of sp³-hybridized carbons (Fsp3) is 0.800. The van der Waals surface area contributed by atoms with Gasteiger partial charge in [0.25, 0.3) is 0 Å². The number of rotatable bonds is 16. The van der Waals surface area contributed by atoms with Crippen LogP contribution >= 0.6 is 0 Å². The molecule has 5 nitrogen and oxygen atoms in total. The number of nitrogens with one attached hydrogen (secondary N) is 1.